The molecule has 3 nitrogen and oxygen atoms in total. The van der Waals surface area contributed by atoms with Gasteiger partial charge in [-0.05, 0) is 24.1 Å². The fraction of sp³-hybridized carbons (Fsp3) is 0.588. The van der Waals surface area contributed by atoms with E-state index in [0.717, 1.165) is 38.2 Å². The second kappa shape index (κ2) is 11.5. The highest BCUT2D eigenvalue weighted by Crippen LogP contribution is 2.09. The van der Waals surface area contributed by atoms with Gasteiger partial charge in [0, 0.05) is 31.7 Å². The standard InChI is InChI=1S/C13H18N2O.2C2H6/c1-2-11-4-3-5-12(10-11)13(16)15-8-6-14-7-9-15;2*1-2/h3-5,10,14H,2,6-9H2,1H3;2*1-2H3. The summed E-state index contributed by atoms with van der Waals surface area (Å²) in [5, 5.41) is 3.25. The van der Waals surface area contributed by atoms with Crippen LogP contribution < -0.4 is 5.32 Å². The van der Waals surface area contributed by atoms with Crippen molar-refractivity contribution < 1.29 is 4.79 Å². The summed E-state index contributed by atoms with van der Waals surface area (Å²) < 4.78 is 0. The van der Waals surface area contributed by atoms with Crippen molar-refractivity contribution >= 4 is 5.91 Å². The van der Waals surface area contributed by atoms with Crippen LogP contribution in [0.3, 0.4) is 0 Å². The minimum absolute atomic E-state index is 0.164. The van der Waals surface area contributed by atoms with Crippen LogP contribution in [0.1, 0.15) is 50.5 Å². The molecule has 0 spiro atoms. The van der Waals surface area contributed by atoms with Gasteiger partial charge in [-0.15, -0.1) is 0 Å². The molecule has 1 aromatic carbocycles. The van der Waals surface area contributed by atoms with Gasteiger partial charge in [-0.1, -0.05) is 46.8 Å². The molecule has 0 atom stereocenters. The Labute approximate surface area is 124 Å². The van der Waals surface area contributed by atoms with Gasteiger partial charge < -0.3 is 10.2 Å². The highest BCUT2D eigenvalue weighted by molar-refractivity contribution is 5.94. The Morgan fingerprint density at radius 2 is 1.75 bits per heavy atom. The SMILES string of the molecule is CC.CC.CCc1cccc(C(=O)N2CCNCC2)c1. The predicted molar refractivity (Wildman–Crippen MR) is 87.3 cm³/mol. The van der Waals surface area contributed by atoms with Crippen molar-refractivity contribution in [2.45, 2.75) is 41.0 Å². The highest BCUT2D eigenvalue weighted by atomic mass is 16.2. The van der Waals surface area contributed by atoms with Crippen molar-refractivity contribution in [3.8, 4) is 0 Å². The van der Waals surface area contributed by atoms with Crippen LogP contribution in [0.2, 0.25) is 0 Å². The zero-order chi connectivity index (χ0) is 15.4. The quantitative estimate of drug-likeness (QED) is 0.900. The molecule has 20 heavy (non-hydrogen) atoms. The fourth-order valence-electron chi connectivity index (χ4n) is 1.97. The molecule has 1 aromatic rings. The molecule has 1 aliphatic heterocycles. The molecule has 1 amide bonds. The fourth-order valence-corrected chi connectivity index (χ4v) is 1.97. The molecule has 1 saturated heterocycles. The number of carbonyl (C=O) groups excluding carboxylic acids is 1. The summed E-state index contributed by atoms with van der Waals surface area (Å²) in [7, 11) is 0. The Morgan fingerprint density at radius 1 is 1.15 bits per heavy atom. The first kappa shape index (κ1) is 18.7. The van der Waals surface area contributed by atoms with Crippen LogP contribution in [0.5, 0.6) is 0 Å². The monoisotopic (exact) mass is 278 g/mol. The second-order valence-corrected chi connectivity index (χ2v) is 4.10. The van der Waals surface area contributed by atoms with Crippen molar-refractivity contribution in [3.05, 3.63) is 35.4 Å². The van der Waals surface area contributed by atoms with Crippen LogP contribution in [-0.2, 0) is 6.42 Å². The average Bonchev–Trinajstić information content (AvgIpc) is 2.58. The molecule has 1 N–H and O–H groups in total. The minimum atomic E-state index is 0.164. The number of carbonyl (C=O) groups is 1. The van der Waals surface area contributed by atoms with Crippen molar-refractivity contribution in [1.29, 1.82) is 0 Å². The van der Waals surface area contributed by atoms with E-state index in [4.69, 9.17) is 0 Å². The molecule has 2 rings (SSSR count). The van der Waals surface area contributed by atoms with E-state index in [2.05, 4.69) is 18.3 Å². The maximum atomic E-state index is 12.2. The third-order valence-corrected chi connectivity index (χ3v) is 2.99. The van der Waals surface area contributed by atoms with E-state index in [0.29, 0.717) is 0 Å². The number of aryl methyl sites for hydroxylation is 1. The Bertz CT molecular complexity index is 371. The van der Waals surface area contributed by atoms with Crippen LogP contribution in [0.25, 0.3) is 0 Å². The van der Waals surface area contributed by atoms with Gasteiger partial charge in [-0.25, -0.2) is 0 Å². The van der Waals surface area contributed by atoms with Crippen molar-refractivity contribution in [1.82, 2.24) is 10.2 Å². The molecule has 1 fully saturated rings. The Balaban J connectivity index is 0.000000829. The summed E-state index contributed by atoms with van der Waals surface area (Å²) in [6.45, 7) is 13.5. The van der Waals surface area contributed by atoms with Crippen molar-refractivity contribution in [2.24, 2.45) is 0 Å². The normalized spacial score (nSPS) is 13.6. The number of rotatable bonds is 2. The number of hydrogen-bond donors (Lipinski definition) is 1. The number of nitrogens with one attached hydrogen (secondary N) is 1. The average molecular weight is 278 g/mol. The van der Waals surface area contributed by atoms with E-state index in [9.17, 15) is 4.79 Å². The summed E-state index contributed by atoms with van der Waals surface area (Å²) in [6.07, 6.45) is 0.975. The first-order valence-electron chi connectivity index (χ1n) is 7.90. The third kappa shape index (κ3) is 5.74. The minimum Gasteiger partial charge on any atom is -0.336 e. The van der Waals surface area contributed by atoms with E-state index in [1.54, 1.807) is 0 Å². The molecule has 0 unspecified atom stereocenters. The molecule has 1 aliphatic rings. The zero-order valence-electron chi connectivity index (χ0n) is 13.7. The van der Waals surface area contributed by atoms with E-state index in [1.165, 1.54) is 5.56 Å². The van der Waals surface area contributed by atoms with Gasteiger partial charge >= 0.3 is 0 Å². The van der Waals surface area contributed by atoms with Gasteiger partial charge in [0.05, 0.1) is 0 Å². The summed E-state index contributed by atoms with van der Waals surface area (Å²) in [4.78, 5) is 14.1. The van der Waals surface area contributed by atoms with Crippen molar-refractivity contribution in [2.75, 3.05) is 26.2 Å². The molecular formula is C17H30N2O. The van der Waals surface area contributed by atoms with Crippen LogP contribution in [0.15, 0.2) is 24.3 Å². The highest BCUT2D eigenvalue weighted by Gasteiger charge is 2.17. The smallest absolute Gasteiger partial charge is 0.253 e. The van der Waals surface area contributed by atoms with Crippen molar-refractivity contribution in [3.63, 3.8) is 0 Å². The topological polar surface area (TPSA) is 32.3 Å². The van der Waals surface area contributed by atoms with Gasteiger partial charge in [0.25, 0.3) is 5.91 Å². The molecule has 0 aliphatic carbocycles. The van der Waals surface area contributed by atoms with Gasteiger partial charge in [0.1, 0.15) is 0 Å². The van der Waals surface area contributed by atoms with Gasteiger partial charge in [0.2, 0.25) is 0 Å². The Hall–Kier alpha value is -1.35. The number of piperazine rings is 1. The Morgan fingerprint density at radius 3 is 2.30 bits per heavy atom. The summed E-state index contributed by atoms with van der Waals surface area (Å²) in [5.41, 5.74) is 2.04. The first-order chi connectivity index (χ1) is 9.81. The molecule has 114 valence electrons. The Kier molecular flexibility index (Phi) is 10.7. The van der Waals surface area contributed by atoms with E-state index < -0.39 is 0 Å². The molecular weight excluding hydrogens is 248 g/mol. The van der Waals surface area contributed by atoms with Gasteiger partial charge in [-0.3, -0.25) is 4.79 Å². The number of benzene rings is 1. The number of amides is 1. The van der Waals surface area contributed by atoms with Crippen LogP contribution in [0, 0.1) is 0 Å². The van der Waals surface area contributed by atoms with Crippen LogP contribution in [-0.4, -0.2) is 37.0 Å². The lowest BCUT2D eigenvalue weighted by Crippen LogP contribution is -2.46. The maximum Gasteiger partial charge on any atom is 0.253 e. The van der Waals surface area contributed by atoms with Gasteiger partial charge in [-0.2, -0.15) is 0 Å². The van der Waals surface area contributed by atoms with Crippen LogP contribution in [0.4, 0.5) is 0 Å². The van der Waals surface area contributed by atoms with E-state index in [1.807, 2.05) is 50.8 Å². The lowest BCUT2D eigenvalue weighted by Gasteiger charge is -2.27. The van der Waals surface area contributed by atoms with Crippen LogP contribution >= 0.6 is 0 Å². The third-order valence-electron chi connectivity index (χ3n) is 2.99. The molecule has 0 radical (unpaired) electrons. The lowest BCUT2D eigenvalue weighted by molar-refractivity contribution is 0.0735. The number of hydrogen-bond acceptors (Lipinski definition) is 2. The summed E-state index contributed by atoms with van der Waals surface area (Å²) >= 11 is 0. The van der Waals surface area contributed by atoms with Gasteiger partial charge in [0.15, 0.2) is 0 Å². The van der Waals surface area contributed by atoms with E-state index in [-0.39, 0.29) is 5.91 Å². The molecule has 0 saturated carbocycles. The summed E-state index contributed by atoms with van der Waals surface area (Å²) in [5.74, 6) is 0.164. The first-order valence-corrected chi connectivity index (χ1v) is 7.90. The molecule has 1 heterocycles. The lowest BCUT2D eigenvalue weighted by atomic mass is 10.1. The maximum absolute atomic E-state index is 12.2. The largest absolute Gasteiger partial charge is 0.336 e. The molecule has 0 aromatic heterocycles. The predicted octanol–water partition coefficient (Wildman–Crippen LogP) is 3.35. The number of nitrogens with zero attached hydrogens (tertiary/aromatic N) is 1. The molecule has 3 heteroatoms. The zero-order valence-corrected chi connectivity index (χ0v) is 13.7. The van der Waals surface area contributed by atoms with E-state index >= 15 is 0 Å². The molecule has 0 bridgehead atoms. The summed E-state index contributed by atoms with van der Waals surface area (Å²) in [6, 6.07) is 7.94. The second-order valence-electron chi connectivity index (χ2n) is 4.10.